The Bertz CT molecular complexity index is 488. The highest BCUT2D eigenvalue weighted by atomic mass is 35.5. The van der Waals surface area contributed by atoms with Crippen LogP contribution in [0.4, 0.5) is 11.4 Å². The number of nitrogens with zero attached hydrogens (tertiary/aromatic N) is 1. The molecule has 1 atom stereocenters. The molecule has 1 unspecified atom stereocenters. The molecule has 17 heavy (non-hydrogen) atoms. The molecule has 2 rings (SSSR count). The molecule has 1 aromatic carbocycles. The highest BCUT2D eigenvalue weighted by Gasteiger charge is 2.29. The Balaban J connectivity index is 2.53. The normalized spacial score (nSPS) is 18.6. The summed E-state index contributed by atoms with van der Waals surface area (Å²) in [6, 6.07) is 3.15. The number of rotatable bonds is 2. The van der Waals surface area contributed by atoms with E-state index in [-0.39, 0.29) is 11.9 Å². The average molecular weight is 271 g/mol. The van der Waals surface area contributed by atoms with Crippen LogP contribution < -0.4 is 10.2 Å². The zero-order valence-corrected chi connectivity index (χ0v) is 10.8. The number of carbonyl (C=O) groups is 1. The second-order valence-electron chi connectivity index (χ2n) is 3.89. The van der Waals surface area contributed by atoms with Crippen molar-refractivity contribution in [1.29, 1.82) is 0 Å². The molecule has 0 aliphatic carbocycles. The first-order valence-corrected chi connectivity index (χ1v) is 5.98. The van der Waals surface area contributed by atoms with Gasteiger partial charge < -0.3 is 10.2 Å². The third kappa shape index (κ3) is 2.13. The Morgan fingerprint density at radius 2 is 2.12 bits per heavy atom. The number of hydrogen-bond donors (Lipinski definition) is 1. The van der Waals surface area contributed by atoms with Crippen molar-refractivity contribution in [2.24, 2.45) is 0 Å². The minimum absolute atomic E-state index is 0.00390. The Morgan fingerprint density at radius 3 is 2.76 bits per heavy atom. The summed E-state index contributed by atoms with van der Waals surface area (Å²) in [5, 5.41) is 4.00. The monoisotopic (exact) mass is 270 g/mol. The van der Waals surface area contributed by atoms with E-state index < -0.39 is 0 Å². The Labute approximate surface area is 110 Å². The van der Waals surface area contributed by atoms with Gasteiger partial charge in [0.05, 0.1) is 21.4 Å². The van der Waals surface area contributed by atoms with Gasteiger partial charge in [0.25, 0.3) is 0 Å². The van der Waals surface area contributed by atoms with Gasteiger partial charge in [-0.1, -0.05) is 29.3 Å². The molecule has 0 aromatic heterocycles. The van der Waals surface area contributed by atoms with Crippen LogP contribution in [0.3, 0.4) is 0 Å². The predicted octanol–water partition coefficient (Wildman–Crippen LogP) is 3.33. The summed E-state index contributed by atoms with van der Waals surface area (Å²) in [7, 11) is 0. The summed E-state index contributed by atoms with van der Waals surface area (Å²) in [5.41, 5.74) is 1.55. The summed E-state index contributed by atoms with van der Waals surface area (Å²) in [5.74, 6) is -0.00390. The molecule has 0 spiro atoms. The minimum atomic E-state index is -0.278. The van der Waals surface area contributed by atoms with Crippen LogP contribution in [-0.2, 0) is 4.79 Å². The third-order valence-corrected chi connectivity index (χ3v) is 3.37. The van der Waals surface area contributed by atoms with E-state index in [4.69, 9.17) is 23.2 Å². The molecular weight excluding hydrogens is 259 g/mol. The first kappa shape index (κ1) is 12.3. The van der Waals surface area contributed by atoms with Crippen LogP contribution in [0.5, 0.6) is 0 Å². The van der Waals surface area contributed by atoms with E-state index in [1.54, 1.807) is 23.1 Å². The van der Waals surface area contributed by atoms with E-state index in [9.17, 15) is 4.79 Å². The van der Waals surface area contributed by atoms with Gasteiger partial charge in [0, 0.05) is 6.54 Å². The number of anilines is 2. The summed E-state index contributed by atoms with van der Waals surface area (Å²) < 4.78 is 0. The molecule has 0 saturated carbocycles. The van der Waals surface area contributed by atoms with Gasteiger partial charge >= 0.3 is 0 Å². The molecule has 1 aromatic rings. The van der Waals surface area contributed by atoms with Crippen molar-refractivity contribution in [3.63, 3.8) is 0 Å². The number of fused-ring (bicyclic) bond motifs is 1. The Hall–Kier alpha value is -1.19. The zero-order chi connectivity index (χ0) is 12.6. The fraction of sp³-hybridized carbons (Fsp3) is 0.250. The second kappa shape index (κ2) is 4.59. The first-order valence-electron chi connectivity index (χ1n) is 5.22. The van der Waals surface area contributed by atoms with Crippen molar-refractivity contribution in [3.05, 3.63) is 34.8 Å². The molecule has 0 fully saturated rings. The molecule has 1 amide bonds. The molecule has 0 bridgehead atoms. The molecular formula is C12H12Cl2N2O. The second-order valence-corrected chi connectivity index (χ2v) is 4.70. The third-order valence-electron chi connectivity index (χ3n) is 2.65. The fourth-order valence-corrected chi connectivity index (χ4v) is 2.16. The van der Waals surface area contributed by atoms with Gasteiger partial charge in [0.2, 0.25) is 5.91 Å². The number of amides is 1. The van der Waals surface area contributed by atoms with Crippen LogP contribution in [0.25, 0.3) is 0 Å². The standard InChI is InChI=1S/C12H12Cl2N2O/c1-3-4-16-11-6-9(14)8(13)5-10(11)15-7(2)12(16)17/h3,5-7,15H,1,4H2,2H3. The molecule has 1 aliphatic rings. The van der Waals surface area contributed by atoms with Crippen molar-refractivity contribution < 1.29 is 4.79 Å². The number of benzene rings is 1. The van der Waals surface area contributed by atoms with Crippen LogP contribution >= 0.6 is 23.2 Å². The number of nitrogens with one attached hydrogen (secondary N) is 1. The minimum Gasteiger partial charge on any atom is -0.372 e. The van der Waals surface area contributed by atoms with Crippen molar-refractivity contribution >= 4 is 40.5 Å². The van der Waals surface area contributed by atoms with Crippen molar-refractivity contribution in [2.45, 2.75) is 13.0 Å². The maximum Gasteiger partial charge on any atom is 0.249 e. The van der Waals surface area contributed by atoms with Gasteiger partial charge in [-0.2, -0.15) is 0 Å². The maximum atomic E-state index is 12.0. The summed E-state index contributed by atoms with van der Waals surface area (Å²) in [6.45, 7) is 5.92. The molecule has 5 heteroatoms. The fourth-order valence-electron chi connectivity index (χ4n) is 1.84. The number of halogens is 2. The topological polar surface area (TPSA) is 32.3 Å². The Morgan fingerprint density at radius 1 is 1.47 bits per heavy atom. The van der Waals surface area contributed by atoms with Crippen LogP contribution in [0.2, 0.25) is 10.0 Å². The molecule has 1 heterocycles. The lowest BCUT2D eigenvalue weighted by molar-refractivity contribution is -0.119. The quantitative estimate of drug-likeness (QED) is 0.837. The maximum absolute atomic E-state index is 12.0. The van der Waals surface area contributed by atoms with E-state index in [0.29, 0.717) is 16.6 Å². The van der Waals surface area contributed by atoms with Gasteiger partial charge in [-0.05, 0) is 19.1 Å². The number of hydrogen-bond acceptors (Lipinski definition) is 2. The van der Waals surface area contributed by atoms with E-state index in [2.05, 4.69) is 11.9 Å². The predicted molar refractivity (Wildman–Crippen MR) is 72.1 cm³/mol. The SMILES string of the molecule is C=CCN1C(=O)C(C)Nc2cc(Cl)c(Cl)cc21. The number of carbonyl (C=O) groups excluding carboxylic acids is 1. The lowest BCUT2D eigenvalue weighted by atomic mass is 10.1. The lowest BCUT2D eigenvalue weighted by Gasteiger charge is -2.33. The van der Waals surface area contributed by atoms with E-state index in [0.717, 1.165) is 11.4 Å². The highest BCUT2D eigenvalue weighted by Crippen LogP contribution is 2.37. The molecule has 90 valence electrons. The largest absolute Gasteiger partial charge is 0.372 e. The van der Waals surface area contributed by atoms with Gasteiger partial charge in [-0.3, -0.25) is 4.79 Å². The zero-order valence-electron chi connectivity index (χ0n) is 9.34. The lowest BCUT2D eigenvalue weighted by Crippen LogP contribution is -2.45. The summed E-state index contributed by atoms with van der Waals surface area (Å²) in [4.78, 5) is 13.7. The van der Waals surface area contributed by atoms with Crippen molar-refractivity contribution in [1.82, 2.24) is 0 Å². The van der Waals surface area contributed by atoms with Crippen molar-refractivity contribution in [2.75, 3.05) is 16.8 Å². The van der Waals surface area contributed by atoms with Gasteiger partial charge in [0.1, 0.15) is 6.04 Å². The smallest absolute Gasteiger partial charge is 0.249 e. The highest BCUT2D eigenvalue weighted by molar-refractivity contribution is 6.42. The van der Waals surface area contributed by atoms with Crippen LogP contribution in [0.1, 0.15) is 6.92 Å². The summed E-state index contributed by atoms with van der Waals surface area (Å²) in [6.07, 6.45) is 1.68. The van der Waals surface area contributed by atoms with Gasteiger partial charge in [-0.25, -0.2) is 0 Å². The van der Waals surface area contributed by atoms with Gasteiger partial charge in [0.15, 0.2) is 0 Å². The molecule has 1 N–H and O–H groups in total. The van der Waals surface area contributed by atoms with Crippen molar-refractivity contribution in [3.8, 4) is 0 Å². The first-order chi connectivity index (χ1) is 8.04. The molecule has 1 aliphatic heterocycles. The van der Waals surface area contributed by atoms with Gasteiger partial charge in [-0.15, -0.1) is 6.58 Å². The average Bonchev–Trinajstić information content (AvgIpc) is 2.28. The van der Waals surface area contributed by atoms with Crippen LogP contribution in [0.15, 0.2) is 24.8 Å². The molecule has 3 nitrogen and oxygen atoms in total. The Kier molecular flexibility index (Phi) is 3.31. The summed E-state index contributed by atoms with van der Waals surface area (Å²) >= 11 is 11.9. The van der Waals surface area contributed by atoms with E-state index >= 15 is 0 Å². The van der Waals surface area contributed by atoms with E-state index in [1.807, 2.05) is 6.92 Å². The van der Waals surface area contributed by atoms with E-state index in [1.165, 1.54) is 0 Å². The molecule has 0 radical (unpaired) electrons. The van der Waals surface area contributed by atoms with Crippen LogP contribution in [-0.4, -0.2) is 18.5 Å². The van der Waals surface area contributed by atoms with Crippen LogP contribution in [0, 0.1) is 0 Å². The molecule has 0 saturated heterocycles.